The number of likely N-dealkylation sites (N-methyl/N-ethyl adjacent to an activating group) is 1. The number of carboxylic acid groups (broad SMARTS) is 1. The Kier molecular flexibility index (Phi) is 5.51. The van der Waals surface area contributed by atoms with Gasteiger partial charge in [0.1, 0.15) is 0 Å². The molecule has 2 aromatic rings. The summed E-state index contributed by atoms with van der Waals surface area (Å²) in [5, 5.41) is 8.79. The number of hydrogen-bond acceptors (Lipinski definition) is 4. The van der Waals surface area contributed by atoms with Gasteiger partial charge in [-0.3, -0.25) is 4.79 Å². The van der Waals surface area contributed by atoms with E-state index < -0.39 is 12.6 Å². The number of aliphatic carboxylic acids is 1. The van der Waals surface area contributed by atoms with Gasteiger partial charge < -0.3 is 19.5 Å². The number of anilines is 1. The molecule has 1 aliphatic heterocycles. The first-order valence-electron chi connectivity index (χ1n) is 8.31. The molecule has 1 aliphatic rings. The molecular weight excluding hydrogens is 414 g/mol. The van der Waals surface area contributed by atoms with Gasteiger partial charge in [0.05, 0.1) is 12.8 Å². The summed E-state index contributed by atoms with van der Waals surface area (Å²) >= 11 is 3.46. The quantitative estimate of drug-likeness (QED) is 0.703. The van der Waals surface area contributed by atoms with Gasteiger partial charge in [0, 0.05) is 22.2 Å². The summed E-state index contributed by atoms with van der Waals surface area (Å²) in [5.74, 6) is -0.442. The first kappa shape index (κ1) is 19.0. The van der Waals surface area contributed by atoms with Crippen LogP contribution >= 0.6 is 15.9 Å². The Morgan fingerprint density at radius 3 is 2.67 bits per heavy atom. The number of benzene rings is 2. The molecule has 6 nitrogen and oxygen atoms in total. The standard InChI is InChI=1S/C20H18BrNO5/c1-3-22-16-7-5-4-6-13(16)14(20(22)25)8-12-9-17(26-2)18(10-15(12)21)27-11-19(23)24/h4-10H,3,11H2,1-2H3,(H,23,24)/b14-8-. The van der Waals surface area contributed by atoms with Crippen LogP contribution in [0.1, 0.15) is 18.1 Å². The molecule has 1 amide bonds. The first-order chi connectivity index (χ1) is 13.0. The summed E-state index contributed by atoms with van der Waals surface area (Å²) in [4.78, 5) is 25.3. The fourth-order valence-electron chi connectivity index (χ4n) is 2.99. The van der Waals surface area contributed by atoms with Crippen LogP contribution in [-0.2, 0) is 9.59 Å². The van der Waals surface area contributed by atoms with Crippen molar-refractivity contribution in [3.8, 4) is 11.5 Å². The molecule has 27 heavy (non-hydrogen) atoms. The molecule has 0 saturated carbocycles. The van der Waals surface area contributed by atoms with Crippen LogP contribution in [0.2, 0.25) is 0 Å². The SMILES string of the molecule is CCN1C(=O)/C(=C\c2cc(OC)c(OCC(=O)O)cc2Br)c2ccccc21. The van der Waals surface area contributed by atoms with E-state index in [2.05, 4.69) is 15.9 Å². The molecule has 1 N–H and O–H groups in total. The van der Waals surface area contributed by atoms with Crippen LogP contribution in [0, 0.1) is 0 Å². The van der Waals surface area contributed by atoms with Gasteiger partial charge >= 0.3 is 5.97 Å². The molecule has 2 aromatic carbocycles. The van der Waals surface area contributed by atoms with Gasteiger partial charge in [0.15, 0.2) is 18.1 Å². The number of ether oxygens (including phenoxy) is 2. The molecule has 7 heteroatoms. The van der Waals surface area contributed by atoms with Gasteiger partial charge in [-0.2, -0.15) is 0 Å². The summed E-state index contributed by atoms with van der Waals surface area (Å²) in [6, 6.07) is 11.0. The van der Waals surface area contributed by atoms with E-state index in [4.69, 9.17) is 14.6 Å². The third-order valence-electron chi connectivity index (χ3n) is 4.21. The number of methoxy groups -OCH3 is 1. The van der Waals surface area contributed by atoms with Crippen LogP contribution in [0.15, 0.2) is 40.9 Å². The number of hydrogen-bond donors (Lipinski definition) is 1. The maximum atomic E-state index is 12.8. The van der Waals surface area contributed by atoms with Crippen LogP contribution < -0.4 is 14.4 Å². The van der Waals surface area contributed by atoms with E-state index in [1.165, 1.54) is 7.11 Å². The molecule has 0 fully saturated rings. The minimum Gasteiger partial charge on any atom is -0.493 e. The average Bonchev–Trinajstić information content (AvgIpc) is 2.92. The molecule has 0 aromatic heterocycles. The summed E-state index contributed by atoms with van der Waals surface area (Å²) in [5.41, 5.74) is 3.09. The Hall–Kier alpha value is -2.80. The van der Waals surface area contributed by atoms with Gasteiger partial charge in [-0.25, -0.2) is 4.79 Å². The van der Waals surface area contributed by atoms with E-state index >= 15 is 0 Å². The number of nitrogens with zero attached hydrogens (tertiary/aromatic N) is 1. The number of rotatable bonds is 6. The normalized spacial score (nSPS) is 14.4. The van der Waals surface area contributed by atoms with Crippen LogP contribution in [0.3, 0.4) is 0 Å². The zero-order valence-electron chi connectivity index (χ0n) is 14.9. The Bertz CT molecular complexity index is 938. The summed E-state index contributed by atoms with van der Waals surface area (Å²) in [6.07, 6.45) is 1.80. The maximum Gasteiger partial charge on any atom is 0.341 e. The smallest absolute Gasteiger partial charge is 0.341 e. The van der Waals surface area contributed by atoms with Gasteiger partial charge in [-0.05, 0) is 36.8 Å². The average molecular weight is 432 g/mol. The molecule has 0 aliphatic carbocycles. The van der Waals surface area contributed by atoms with Gasteiger partial charge in [0.2, 0.25) is 0 Å². The van der Waals surface area contributed by atoms with E-state index in [1.807, 2.05) is 31.2 Å². The number of fused-ring (bicyclic) bond motifs is 1. The van der Waals surface area contributed by atoms with E-state index in [0.29, 0.717) is 28.1 Å². The Morgan fingerprint density at radius 2 is 2.00 bits per heavy atom. The minimum atomic E-state index is -1.08. The largest absolute Gasteiger partial charge is 0.493 e. The lowest BCUT2D eigenvalue weighted by Gasteiger charge is -2.13. The van der Waals surface area contributed by atoms with Crippen LogP contribution in [0.5, 0.6) is 11.5 Å². The lowest BCUT2D eigenvalue weighted by molar-refractivity contribution is -0.139. The molecule has 0 radical (unpaired) electrons. The highest BCUT2D eigenvalue weighted by atomic mass is 79.9. The monoisotopic (exact) mass is 431 g/mol. The van der Waals surface area contributed by atoms with Crippen molar-refractivity contribution in [3.63, 3.8) is 0 Å². The van der Waals surface area contributed by atoms with E-state index in [1.54, 1.807) is 23.1 Å². The molecular formula is C20H18BrNO5. The lowest BCUT2D eigenvalue weighted by Crippen LogP contribution is -2.25. The molecule has 3 rings (SSSR count). The Balaban J connectivity index is 2.04. The van der Waals surface area contributed by atoms with Crippen molar-refractivity contribution in [1.82, 2.24) is 0 Å². The number of carbonyl (C=O) groups excluding carboxylic acids is 1. The third kappa shape index (κ3) is 3.68. The highest BCUT2D eigenvalue weighted by Gasteiger charge is 2.31. The summed E-state index contributed by atoms with van der Waals surface area (Å²) < 4.78 is 11.2. The topological polar surface area (TPSA) is 76.1 Å². The Labute approximate surface area is 165 Å². The zero-order chi connectivity index (χ0) is 19.6. The molecule has 0 atom stereocenters. The number of carboxylic acids is 1. The van der Waals surface area contributed by atoms with Crippen LogP contribution in [-0.4, -0.2) is 37.2 Å². The van der Waals surface area contributed by atoms with Gasteiger partial charge in [-0.1, -0.05) is 34.1 Å². The van der Waals surface area contributed by atoms with Crippen molar-refractivity contribution in [1.29, 1.82) is 0 Å². The summed E-state index contributed by atoms with van der Waals surface area (Å²) in [7, 11) is 1.47. The number of amides is 1. The van der Waals surface area contributed by atoms with Crippen LogP contribution in [0.4, 0.5) is 5.69 Å². The van der Waals surface area contributed by atoms with Crippen molar-refractivity contribution in [3.05, 3.63) is 52.0 Å². The fraction of sp³-hybridized carbons (Fsp3) is 0.200. The second-order valence-corrected chi connectivity index (χ2v) is 6.69. The van der Waals surface area contributed by atoms with Gasteiger partial charge in [0.25, 0.3) is 5.91 Å². The number of carbonyl (C=O) groups is 2. The van der Waals surface area contributed by atoms with Crippen molar-refractivity contribution >= 4 is 45.1 Å². The maximum absolute atomic E-state index is 12.8. The third-order valence-corrected chi connectivity index (χ3v) is 4.90. The molecule has 0 bridgehead atoms. The van der Waals surface area contributed by atoms with Crippen molar-refractivity contribution in [2.24, 2.45) is 0 Å². The van der Waals surface area contributed by atoms with Crippen molar-refractivity contribution in [2.45, 2.75) is 6.92 Å². The molecule has 0 saturated heterocycles. The second kappa shape index (κ2) is 7.84. The fourth-order valence-corrected chi connectivity index (χ4v) is 3.43. The van der Waals surface area contributed by atoms with Crippen molar-refractivity contribution < 1.29 is 24.2 Å². The zero-order valence-corrected chi connectivity index (χ0v) is 16.4. The molecule has 0 spiro atoms. The van der Waals surface area contributed by atoms with Crippen molar-refractivity contribution in [2.75, 3.05) is 25.2 Å². The highest BCUT2D eigenvalue weighted by Crippen LogP contribution is 2.40. The lowest BCUT2D eigenvalue weighted by atomic mass is 10.0. The van der Waals surface area contributed by atoms with E-state index in [9.17, 15) is 9.59 Å². The van der Waals surface area contributed by atoms with Gasteiger partial charge in [-0.15, -0.1) is 0 Å². The summed E-state index contributed by atoms with van der Waals surface area (Å²) in [6.45, 7) is 2.05. The molecule has 0 unspecified atom stereocenters. The Morgan fingerprint density at radius 1 is 1.26 bits per heavy atom. The minimum absolute atomic E-state index is 0.0595. The predicted octanol–water partition coefficient (Wildman–Crippen LogP) is 3.83. The number of para-hydroxylation sites is 1. The van der Waals surface area contributed by atoms with Crippen LogP contribution in [0.25, 0.3) is 11.6 Å². The molecule has 1 heterocycles. The van der Waals surface area contributed by atoms with E-state index in [-0.39, 0.29) is 5.91 Å². The first-order valence-corrected chi connectivity index (χ1v) is 9.10. The molecule has 140 valence electrons. The second-order valence-electron chi connectivity index (χ2n) is 5.83. The number of halogens is 1. The predicted molar refractivity (Wildman–Crippen MR) is 106 cm³/mol. The highest BCUT2D eigenvalue weighted by molar-refractivity contribution is 9.10. The van der Waals surface area contributed by atoms with E-state index in [0.717, 1.165) is 16.8 Å².